The van der Waals surface area contributed by atoms with Gasteiger partial charge in [0.05, 0.1) is 13.6 Å². The first kappa shape index (κ1) is 16.6. The Labute approximate surface area is 111 Å². The van der Waals surface area contributed by atoms with Gasteiger partial charge >= 0.3 is 12.9 Å². The molecule has 2 N–H and O–H groups in total. The molecule has 0 saturated carbocycles. The molecule has 1 rings (SSSR count). The number of hydrogen-bond acceptors (Lipinski definition) is 6. The Bertz CT molecular complexity index is 486. The van der Waals surface area contributed by atoms with Gasteiger partial charge in [0.2, 0.25) is 6.33 Å². The van der Waals surface area contributed by atoms with E-state index in [0.29, 0.717) is 0 Å². The number of hydrogen-bond donors (Lipinski definition) is 2. The first-order chi connectivity index (χ1) is 8.92. The normalized spacial score (nSPS) is 9.32. The van der Waals surface area contributed by atoms with Crippen LogP contribution in [0, 0.1) is 34.0 Å². The second-order valence-electron chi connectivity index (χ2n) is 3.37. The molecule has 0 unspecified atom stereocenters. The summed E-state index contributed by atoms with van der Waals surface area (Å²) in [4.78, 5) is 0. The van der Waals surface area contributed by atoms with Crippen LogP contribution in [0.5, 0.6) is 0 Å². The molecule has 98 valence electrons. The lowest BCUT2D eigenvalue weighted by atomic mass is 10.1. The molecule has 9 heteroatoms. The van der Waals surface area contributed by atoms with Crippen LogP contribution < -0.4 is 4.57 Å². The van der Waals surface area contributed by atoms with Crippen LogP contribution in [0.15, 0.2) is 18.7 Å². The maximum absolute atomic E-state index is 8.18. The summed E-state index contributed by atoms with van der Waals surface area (Å²) in [5.41, 5.74) is -2.44. The standard InChI is InChI=1S/C6H11N2.C4H2BN3O3/c1-3-8-5-4-7(2)6-8;6-1-4(2-7,3-8)11-5(9)10/h4-6H,3H2,1-2H3;9-10H/q+1;. The lowest BCUT2D eigenvalue weighted by molar-refractivity contribution is -0.693. The van der Waals surface area contributed by atoms with Gasteiger partial charge in [-0.3, -0.25) is 0 Å². The summed E-state index contributed by atoms with van der Waals surface area (Å²) in [6.07, 6.45) is 6.14. The van der Waals surface area contributed by atoms with Crippen molar-refractivity contribution in [3.05, 3.63) is 18.7 Å². The number of aromatic nitrogens is 2. The smallest absolute Gasteiger partial charge is 0.402 e. The van der Waals surface area contributed by atoms with Crippen LogP contribution in [0.1, 0.15) is 6.92 Å². The zero-order chi connectivity index (χ0) is 14.9. The molecule has 0 radical (unpaired) electrons. The van der Waals surface area contributed by atoms with E-state index in [1.54, 1.807) is 0 Å². The van der Waals surface area contributed by atoms with Gasteiger partial charge in [-0.05, 0) is 6.92 Å². The Morgan fingerprint density at radius 3 is 2.00 bits per heavy atom. The third kappa shape index (κ3) is 5.67. The first-order valence-corrected chi connectivity index (χ1v) is 5.21. The van der Waals surface area contributed by atoms with Crippen LogP contribution >= 0.6 is 0 Å². The summed E-state index contributed by atoms with van der Waals surface area (Å²) in [5, 5.41) is 40.9. The van der Waals surface area contributed by atoms with Crippen molar-refractivity contribution in [1.82, 2.24) is 4.57 Å². The van der Waals surface area contributed by atoms with Gasteiger partial charge in [0, 0.05) is 0 Å². The molecular formula is C10H13BN5O3+. The lowest BCUT2D eigenvalue weighted by Gasteiger charge is -2.08. The van der Waals surface area contributed by atoms with Crippen molar-refractivity contribution < 1.29 is 19.3 Å². The Hall–Kier alpha value is -2.38. The summed E-state index contributed by atoms with van der Waals surface area (Å²) >= 11 is 0. The molecule has 1 heterocycles. The van der Waals surface area contributed by atoms with Crippen molar-refractivity contribution in [2.24, 2.45) is 7.05 Å². The van der Waals surface area contributed by atoms with E-state index in [4.69, 9.17) is 25.8 Å². The van der Waals surface area contributed by atoms with E-state index in [1.165, 1.54) is 18.2 Å². The summed E-state index contributed by atoms with van der Waals surface area (Å²) in [6.45, 7) is 3.18. The highest BCUT2D eigenvalue weighted by atomic mass is 16.6. The number of rotatable bonds is 3. The van der Waals surface area contributed by atoms with E-state index in [2.05, 4.69) is 28.7 Å². The molecule has 0 aliphatic heterocycles. The monoisotopic (exact) mass is 262 g/mol. The van der Waals surface area contributed by atoms with Gasteiger partial charge in [0.1, 0.15) is 30.6 Å². The van der Waals surface area contributed by atoms with Crippen LogP contribution in [0.3, 0.4) is 0 Å². The van der Waals surface area contributed by atoms with E-state index >= 15 is 0 Å². The van der Waals surface area contributed by atoms with Crippen molar-refractivity contribution in [2.45, 2.75) is 19.1 Å². The Kier molecular flexibility index (Phi) is 6.87. The van der Waals surface area contributed by atoms with E-state index < -0.39 is 12.9 Å². The second-order valence-corrected chi connectivity index (χ2v) is 3.37. The molecule has 0 aromatic carbocycles. The van der Waals surface area contributed by atoms with Crippen molar-refractivity contribution in [3.8, 4) is 18.2 Å². The van der Waals surface area contributed by atoms with E-state index in [0.717, 1.165) is 6.54 Å². The zero-order valence-electron chi connectivity index (χ0n) is 10.6. The molecule has 19 heavy (non-hydrogen) atoms. The van der Waals surface area contributed by atoms with Gasteiger partial charge in [-0.2, -0.15) is 15.8 Å². The van der Waals surface area contributed by atoms with Crippen molar-refractivity contribution >= 4 is 7.32 Å². The number of imidazole rings is 1. The molecule has 0 aliphatic carbocycles. The maximum atomic E-state index is 8.18. The van der Waals surface area contributed by atoms with Crippen LogP contribution in [-0.2, 0) is 18.2 Å². The van der Waals surface area contributed by atoms with Crippen LogP contribution in [0.25, 0.3) is 0 Å². The van der Waals surface area contributed by atoms with Gasteiger partial charge < -0.3 is 14.7 Å². The fraction of sp³-hybridized carbons (Fsp3) is 0.400. The minimum absolute atomic E-state index is 1.06. The molecule has 8 nitrogen and oxygen atoms in total. The Morgan fingerprint density at radius 1 is 1.32 bits per heavy atom. The molecule has 0 bridgehead atoms. The third-order valence-corrected chi connectivity index (χ3v) is 1.94. The quantitative estimate of drug-likeness (QED) is 0.509. The Balaban J connectivity index is 0.000000356. The zero-order valence-corrected chi connectivity index (χ0v) is 10.6. The highest BCUT2D eigenvalue weighted by molar-refractivity contribution is 6.33. The molecule has 0 amide bonds. The number of aryl methyl sites for hydroxylation is 2. The molecule has 0 aliphatic rings. The average Bonchev–Trinajstić information content (AvgIpc) is 2.82. The SMILES string of the molecule is CC[n+]1ccn(C)c1.N#CC(C#N)(C#N)OB(O)O. The van der Waals surface area contributed by atoms with Crippen molar-refractivity contribution in [3.63, 3.8) is 0 Å². The molecule has 0 fully saturated rings. The van der Waals surface area contributed by atoms with Gasteiger partial charge in [-0.1, -0.05) is 0 Å². The fourth-order valence-electron chi connectivity index (χ4n) is 1.00. The highest BCUT2D eigenvalue weighted by Crippen LogP contribution is 2.06. The van der Waals surface area contributed by atoms with E-state index in [-0.39, 0.29) is 0 Å². The van der Waals surface area contributed by atoms with Gasteiger partial charge in [-0.15, -0.1) is 0 Å². The molecule has 0 spiro atoms. The lowest BCUT2D eigenvalue weighted by Crippen LogP contribution is -2.35. The minimum Gasteiger partial charge on any atom is -0.402 e. The van der Waals surface area contributed by atoms with Gasteiger partial charge in [-0.25, -0.2) is 9.13 Å². The number of nitriles is 3. The Morgan fingerprint density at radius 2 is 1.84 bits per heavy atom. The number of nitrogens with zero attached hydrogens (tertiary/aromatic N) is 5. The van der Waals surface area contributed by atoms with Crippen molar-refractivity contribution in [1.29, 1.82) is 15.8 Å². The van der Waals surface area contributed by atoms with Gasteiger partial charge in [0.25, 0.3) is 0 Å². The second kappa shape index (κ2) is 7.86. The van der Waals surface area contributed by atoms with Gasteiger partial charge in [0.15, 0.2) is 0 Å². The predicted octanol–water partition coefficient (Wildman–Crippen LogP) is -1.39. The molecule has 1 aromatic rings. The topological polar surface area (TPSA) is 130 Å². The minimum atomic E-state index is -2.44. The summed E-state index contributed by atoms with van der Waals surface area (Å²) < 4.78 is 8.07. The predicted molar refractivity (Wildman–Crippen MR) is 62.1 cm³/mol. The summed E-state index contributed by atoms with van der Waals surface area (Å²) in [7, 11) is -0.291. The molecular weight excluding hydrogens is 249 g/mol. The maximum Gasteiger partial charge on any atom is 0.636 e. The fourth-order valence-corrected chi connectivity index (χ4v) is 1.00. The van der Waals surface area contributed by atoms with Crippen molar-refractivity contribution in [2.75, 3.05) is 0 Å². The molecule has 0 atom stereocenters. The largest absolute Gasteiger partial charge is 0.636 e. The third-order valence-electron chi connectivity index (χ3n) is 1.94. The molecule has 1 aromatic heterocycles. The summed E-state index contributed by atoms with van der Waals surface area (Å²) in [6, 6.07) is 3.55. The summed E-state index contributed by atoms with van der Waals surface area (Å²) in [5.74, 6) is 0. The first-order valence-electron chi connectivity index (χ1n) is 5.21. The molecule has 0 saturated heterocycles. The van der Waals surface area contributed by atoms with E-state index in [1.807, 2.05) is 17.8 Å². The van der Waals surface area contributed by atoms with Crippen LogP contribution in [0.4, 0.5) is 0 Å². The average molecular weight is 262 g/mol. The van der Waals surface area contributed by atoms with Crippen LogP contribution in [0.2, 0.25) is 0 Å². The highest BCUT2D eigenvalue weighted by Gasteiger charge is 2.35. The van der Waals surface area contributed by atoms with E-state index in [9.17, 15) is 0 Å². The van der Waals surface area contributed by atoms with Crippen LogP contribution in [-0.4, -0.2) is 27.5 Å².